The molecule has 3 saturated heterocycles. The minimum Gasteiger partial charge on any atom is -0.309 e. The second-order valence-electron chi connectivity index (χ2n) is 19.8. The molecule has 7 aliphatic rings. The molecular weight excluding hydrogens is 773 g/mol. The monoisotopic (exact) mass is 832 g/mol. The van der Waals surface area contributed by atoms with Crippen molar-refractivity contribution >= 4 is 67.6 Å². The van der Waals surface area contributed by atoms with Gasteiger partial charge in [0, 0.05) is 65.7 Å². The molecule has 4 aliphatic heterocycles. The van der Waals surface area contributed by atoms with Crippen LogP contribution in [0.5, 0.6) is 0 Å². The van der Waals surface area contributed by atoms with Gasteiger partial charge in [-0.15, -0.1) is 0 Å². The van der Waals surface area contributed by atoms with Crippen LogP contribution in [0.2, 0.25) is 0 Å². The lowest BCUT2D eigenvalue weighted by atomic mass is 9.62. The first kappa shape index (κ1) is 40.1. The minimum atomic E-state index is -0.457. The van der Waals surface area contributed by atoms with Crippen LogP contribution >= 0.6 is 0 Å². The van der Waals surface area contributed by atoms with Gasteiger partial charge in [-0.1, -0.05) is 31.1 Å². The van der Waals surface area contributed by atoms with Crippen LogP contribution in [0.25, 0.3) is 44.0 Å². The van der Waals surface area contributed by atoms with E-state index in [1.807, 2.05) is 28.2 Å². The second-order valence-corrected chi connectivity index (χ2v) is 19.8. The maximum atomic E-state index is 14.8. The molecule has 2 atom stereocenters. The Hall–Kier alpha value is -4.74. The summed E-state index contributed by atoms with van der Waals surface area (Å²) in [5, 5.41) is 6.08. The number of hydrogen-bond donors (Lipinski definition) is 0. The van der Waals surface area contributed by atoms with E-state index in [1.54, 1.807) is 0 Å². The average Bonchev–Trinajstić information content (AvgIpc) is 3.27. The molecule has 4 heterocycles. The molecule has 0 bridgehead atoms. The van der Waals surface area contributed by atoms with Gasteiger partial charge in [0.25, 0.3) is 23.6 Å². The van der Waals surface area contributed by atoms with E-state index in [1.165, 1.54) is 59.5 Å². The maximum absolute atomic E-state index is 14.8. The molecule has 4 aromatic rings. The Morgan fingerprint density at radius 1 is 0.548 bits per heavy atom. The molecular formula is C52H60N6O4. The smallest absolute Gasteiger partial charge is 0.261 e. The van der Waals surface area contributed by atoms with E-state index in [-0.39, 0.29) is 29.5 Å². The topological polar surface area (TPSA) is 87.7 Å². The van der Waals surface area contributed by atoms with E-state index in [9.17, 15) is 19.2 Å². The van der Waals surface area contributed by atoms with Crippen LogP contribution in [0.4, 0.5) is 0 Å². The van der Waals surface area contributed by atoms with Crippen LogP contribution in [0, 0.1) is 0 Å². The number of carbonyl (C=O) groups excluding carboxylic acids is 4. The first-order valence-electron chi connectivity index (χ1n) is 23.6. The van der Waals surface area contributed by atoms with E-state index >= 15 is 0 Å². The zero-order valence-electron chi connectivity index (χ0n) is 37.1. The van der Waals surface area contributed by atoms with Crippen molar-refractivity contribution in [2.24, 2.45) is 0 Å². The fourth-order valence-corrected chi connectivity index (χ4v) is 12.4. The second kappa shape index (κ2) is 15.5. The Balaban J connectivity index is 1.17. The Morgan fingerprint density at radius 3 is 1.79 bits per heavy atom. The third-order valence-corrected chi connectivity index (χ3v) is 15.3. The number of hydrogen-bond acceptors (Lipinski definition) is 8. The fourth-order valence-electron chi connectivity index (χ4n) is 12.4. The number of rotatable bonds is 14. The molecule has 10 nitrogen and oxygen atoms in total. The van der Waals surface area contributed by atoms with Gasteiger partial charge < -0.3 is 19.6 Å². The zero-order chi connectivity index (χ0) is 42.6. The third kappa shape index (κ3) is 6.26. The molecule has 322 valence electrons. The fraction of sp³-hybridized carbons (Fsp3) is 0.500. The first-order valence-corrected chi connectivity index (χ1v) is 23.6. The van der Waals surface area contributed by atoms with E-state index in [0.717, 1.165) is 120 Å². The van der Waals surface area contributed by atoms with Crippen LogP contribution in [0.1, 0.15) is 118 Å². The molecule has 4 amide bonds. The van der Waals surface area contributed by atoms with Crippen molar-refractivity contribution in [1.29, 1.82) is 0 Å². The normalized spacial score (nSPS) is 22.4. The Labute approximate surface area is 365 Å². The molecule has 4 aromatic carbocycles. The molecule has 10 heteroatoms. The highest BCUT2D eigenvalue weighted by atomic mass is 16.2. The van der Waals surface area contributed by atoms with Crippen molar-refractivity contribution in [3.8, 4) is 0 Å². The molecule has 11 rings (SSSR count). The van der Waals surface area contributed by atoms with Gasteiger partial charge in [0.15, 0.2) is 0 Å². The van der Waals surface area contributed by atoms with Gasteiger partial charge in [-0.25, -0.2) is 0 Å². The summed E-state index contributed by atoms with van der Waals surface area (Å²) in [6, 6.07) is 6.50. The highest BCUT2D eigenvalue weighted by Gasteiger charge is 2.50. The number of imide groups is 2. The predicted octanol–water partition coefficient (Wildman–Crippen LogP) is 7.26. The molecule has 3 aliphatic carbocycles. The highest BCUT2D eigenvalue weighted by Crippen LogP contribution is 2.60. The van der Waals surface area contributed by atoms with Crippen molar-refractivity contribution in [3.63, 3.8) is 0 Å². The van der Waals surface area contributed by atoms with Crippen molar-refractivity contribution in [3.05, 3.63) is 80.4 Å². The predicted molar refractivity (Wildman–Crippen MR) is 247 cm³/mol. The summed E-state index contributed by atoms with van der Waals surface area (Å²) in [7, 11) is 8.09. The summed E-state index contributed by atoms with van der Waals surface area (Å²) in [6.07, 6.45) is 17.1. The summed E-state index contributed by atoms with van der Waals surface area (Å²) in [5.41, 5.74) is 9.41. The van der Waals surface area contributed by atoms with E-state index < -0.39 is 5.92 Å². The average molecular weight is 833 g/mol. The number of nitrogens with zero attached hydrogens (tertiary/aromatic N) is 6. The van der Waals surface area contributed by atoms with Gasteiger partial charge in [-0.05, 0) is 197 Å². The maximum Gasteiger partial charge on any atom is 0.261 e. The van der Waals surface area contributed by atoms with Crippen LogP contribution in [0.3, 0.4) is 0 Å². The highest BCUT2D eigenvalue weighted by molar-refractivity contribution is 6.38. The lowest BCUT2D eigenvalue weighted by Gasteiger charge is -2.44. The number of amides is 4. The van der Waals surface area contributed by atoms with Crippen LogP contribution in [-0.2, 0) is 16.0 Å². The summed E-state index contributed by atoms with van der Waals surface area (Å²) in [5.74, 6) is -1.40. The molecule has 62 heavy (non-hydrogen) atoms. The van der Waals surface area contributed by atoms with Crippen LogP contribution in [0.15, 0.2) is 41.5 Å². The van der Waals surface area contributed by atoms with Gasteiger partial charge in [0.2, 0.25) is 0 Å². The lowest BCUT2D eigenvalue weighted by molar-refractivity contribution is -0.142. The Bertz CT molecular complexity index is 2680. The molecule has 0 aromatic heterocycles. The summed E-state index contributed by atoms with van der Waals surface area (Å²) >= 11 is 0. The number of benzene rings is 4. The number of likely N-dealkylation sites (tertiary alicyclic amines) is 3. The van der Waals surface area contributed by atoms with E-state index in [2.05, 4.69) is 56.0 Å². The van der Waals surface area contributed by atoms with E-state index in [0.29, 0.717) is 48.2 Å². The van der Waals surface area contributed by atoms with Crippen molar-refractivity contribution in [2.75, 3.05) is 93.6 Å². The van der Waals surface area contributed by atoms with Gasteiger partial charge >= 0.3 is 0 Å². The van der Waals surface area contributed by atoms with Gasteiger partial charge in [0.1, 0.15) is 0 Å². The van der Waals surface area contributed by atoms with Crippen molar-refractivity contribution in [2.45, 2.75) is 76.0 Å². The largest absolute Gasteiger partial charge is 0.309 e. The number of allylic oxidation sites excluding steroid dienone is 2. The Morgan fingerprint density at radius 2 is 1.15 bits per heavy atom. The van der Waals surface area contributed by atoms with Crippen molar-refractivity contribution in [1.82, 2.24) is 29.4 Å². The molecule has 0 saturated carbocycles. The molecule has 0 spiro atoms. The number of piperidine rings is 3. The minimum absolute atomic E-state index is 0.168. The third-order valence-electron chi connectivity index (χ3n) is 15.3. The van der Waals surface area contributed by atoms with E-state index in [4.69, 9.17) is 0 Å². The SMILES string of the molecule is CN(C)CCCN1C(=O)C2=Cc3c(CCN4CCCCC4)cc4cc5c6c(cc7c8c9c(c3c4c68)C2C(=CC9C=C7CCN2CCCCC2)C1=O)C(=O)N(CCCN(C)C)C5=O. The lowest BCUT2D eigenvalue weighted by Crippen LogP contribution is -2.48. The van der Waals surface area contributed by atoms with Crippen LogP contribution < -0.4 is 0 Å². The summed E-state index contributed by atoms with van der Waals surface area (Å²) < 4.78 is 0. The molecule has 2 unspecified atom stereocenters. The van der Waals surface area contributed by atoms with Gasteiger partial charge in [-0.2, -0.15) is 0 Å². The summed E-state index contributed by atoms with van der Waals surface area (Å²) in [6.45, 7) is 8.53. The standard InChI is InChI=1S/C52H60N6O4/c1-53(2)15-11-21-57-49(59)37-27-33-25-32(14-24-56-19-9-6-10-20-56)36-30-40-44-38(50(60)58(52(40)62)22-12-16-54(3)4)28-34-26-31(13-23-55-17-7-5-8-18-55)35-29-39(51(57)61)43(37)47-41(33)46(36)48(44)42(34)45(35)47/h25-30,33,43H,5-24H2,1-4H3. The van der Waals surface area contributed by atoms with Crippen molar-refractivity contribution < 1.29 is 19.2 Å². The molecule has 0 N–H and O–H groups in total. The van der Waals surface area contributed by atoms with Crippen LogP contribution in [-0.4, -0.2) is 147 Å². The molecule has 3 fully saturated rings. The number of carbonyl (C=O) groups is 4. The zero-order valence-corrected chi connectivity index (χ0v) is 37.1. The quantitative estimate of drug-likeness (QED) is 0.0971. The molecule has 0 radical (unpaired) electrons. The first-order chi connectivity index (χ1) is 30.1. The Kier molecular flexibility index (Phi) is 10.0. The summed E-state index contributed by atoms with van der Waals surface area (Å²) in [4.78, 5) is 71.6. The van der Waals surface area contributed by atoms with Gasteiger partial charge in [-0.3, -0.25) is 29.0 Å². The van der Waals surface area contributed by atoms with Gasteiger partial charge in [0.05, 0.1) is 0 Å².